The van der Waals surface area contributed by atoms with Gasteiger partial charge < -0.3 is 5.73 Å². The number of hydrogen-bond donors (Lipinski definition) is 1. The molecule has 0 unspecified atom stereocenters. The lowest BCUT2D eigenvalue weighted by atomic mass is 10.3. The molecule has 0 aliphatic carbocycles. The fraction of sp³-hybridized carbons (Fsp3) is 0.750. The smallest absolute Gasteiger partial charge is 0.221 e. The molecule has 0 aliphatic heterocycles. The van der Waals surface area contributed by atoms with E-state index in [0.717, 1.165) is 0 Å². The molecule has 0 amide bonds. The lowest BCUT2D eigenvalue weighted by Crippen LogP contribution is -1.99. The summed E-state index contributed by atoms with van der Waals surface area (Å²) in [5, 5.41) is -0.301. The van der Waals surface area contributed by atoms with Gasteiger partial charge in [-0.1, -0.05) is 0 Å². The van der Waals surface area contributed by atoms with Crippen LogP contribution in [0.5, 0.6) is 0 Å². The van der Waals surface area contributed by atoms with Crippen LogP contribution >= 0.6 is 11.6 Å². The number of halogens is 1. The van der Waals surface area contributed by atoms with Crippen LogP contribution in [0.15, 0.2) is 0 Å². The summed E-state index contributed by atoms with van der Waals surface area (Å²) < 4.78 is 0. The fourth-order valence-electron chi connectivity index (χ4n) is 0.241. The molecule has 0 radical (unpaired) electrons. The Morgan fingerprint density at radius 3 is 2.43 bits per heavy atom. The molecule has 0 spiro atoms. The third-order valence-electron chi connectivity index (χ3n) is 0.577. The van der Waals surface area contributed by atoms with E-state index >= 15 is 0 Å². The Morgan fingerprint density at radius 1 is 1.71 bits per heavy atom. The third kappa shape index (κ3) is 5.92. The molecular weight excluding hydrogens is 114 g/mol. The summed E-state index contributed by atoms with van der Waals surface area (Å²) in [6, 6.07) is 0. The van der Waals surface area contributed by atoms with Crippen LogP contribution in [0.1, 0.15) is 12.8 Å². The first kappa shape index (κ1) is 6.92. The van der Waals surface area contributed by atoms with Crippen molar-refractivity contribution in [3.05, 3.63) is 0 Å². The molecule has 0 saturated heterocycles. The number of carbonyl (C=O) groups is 1. The second-order valence-electron chi connectivity index (χ2n) is 1.25. The van der Waals surface area contributed by atoms with Gasteiger partial charge in [0, 0.05) is 6.42 Å². The van der Waals surface area contributed by atoms with E-state index in [1.54, 1.807) is 0 Å². The summed E-state index contributed by atoms with van der Waals surface area (Å²) in [5.41, 5.74) is 5.07. The van der Waals surface area contributed by atoms with Gasteiger partial charge in [-0.25, -0.2) is 0 Å². The van der Waals surface area contributed by atoms with E-state index in [1.165, 1.54) is 0 Å². The van der Waals surface area contributed by atoms with E-state index in [0.29, 0.717) is 19.4 Å². The van der Waals surface area contributed by atoms with Crippen LogP contribution in [0.3, 0.4) is 0 Å². The van der Waals surface area contributed by atoms with Crippen molar-refractivity contribution in [2.45, 2.75) is 12.8 Å². The predicted octanol–water partition coefficient (Wildman–Crippen LogP) is 0.491. The molecule has 0 aromatic carbocycles. The van der Waals surface area contributed by atoms with Crippen LogP contribution in [0.4, 0.5) is 0 Å². The van der Waals surface area contributed by atoms with E-state index in [9.17, 15) is 4.79 Å². The Hall–Kier alpha value is -0.0800. The van der Waals surface area contributed by atoms with Crippen molar-refractivity contribution in [2.75, 3.05) is 6.54 Å². The molecule has 2 N–H and O–H groups in total. The van der Waals surface area contributed by atoms with Gasteiger partial charge in [0.05, 0.1) is 0 Å². The van der Waals surface area contributed by atoms with Crippen molar-refractivity contribution in [2.24, 2.45) is 5.73 Å². The van der Waals surface area contributed by atoms with Gasteiger partial charge in [0.25, 0.3) is 0 Å². The summed E-state index contributed by atoms with van der Waals surface area (Å²) in [6.45, 7) is 0.540. The van der Waals surface area contributed by atoms with E-state index < -0.39 is 0 Å². The van der Waals surface area contributed by atoms with E-state index in [2.05, 4.69) is 0 Å². The highest BCUT2D eigenvalue weighted by molar-refractivity contribution is 6.63. The van der Waals surface area contributed by atoms with E-state index in [-0.39, 0.29) is 5.24 Å². The van der Waals surface area contributed by atoms with Crippen molar-refractivity contribution in [1.29, 1.82) is 0 Å². The minimum atomic E-state index is -0.301. The molecule has 0 saturated carbocycles. The van der Waals surface area contributed by atoms with Gasteiger partial charge in [0.1, 0.15) is 0 Å². The Kier molecular flexibility index (Phi) is 4.04. The van der Waals surface area contributed by atoms with Gasteiger partial charge in [0.2, 0.25) is 5.24 Å². The molecule has 7 heavy (non-hydrogen) atoms. The van der Waals surface area contributed by atoms with Crippen molar-refractivity contribution in [3.63, 3.8) is 0 Å². The molecule has 0 aromatic heterocycles. The predicted molar refractivity (Wildman–Crippen MR) is 29.1 cm³/mol. The van der Waals surface area contributed by atoms with Gasteiger partial charge in [-0.15, -0.1) is 0 Å². The van der Waals surface area contributed by atoms with E-state index in [4.69, 9.17) is 17.3 Å². The Labute approximate surface area is 47.6 Å². The molecule has 0 heterocycles. The van der Waals surface area contributed by atoms with Crippen molar-refractivity contribution < 1.29 is 4.79 Å². The fourth-order valence-corrected chi connectivity index (χ4v) is 0.375. The average molecular weight is 122 g/mol. The van der Waals surface area contributed by atoms with Gasteiger partial charge in [-0.2, -0.15) is 0 Å². The lowest BCUT2D eigenvalue weighted by Gasteiger charge is -1.85. The molecule has 3 heteroatoms. The first-order chi connectivity index (χ1) is 3.27. The summed E-state index contributed by atoms with van der Waals surface area (Å²) >= 11 is 4.96. The third-order valence-corrected chi connectivity index (χ3v) is 0.766. The summed E-state index contributed by atoms with van der Waals surface area (Å²) in [5.74, 6) is 0. The SMILES string of the molecule is NCCCC(=O)Cl. The van der Waals surface area contributed by atoms with Crippen LogP contribution in [-0.2, 0) is 4.79 Å². The van der Waals surface area contributed by atoms with Gasteiger partial charge in [0.15, 0.2) is 0 Å². The molecular formula is C4H8ClNO. The van der Waals surface area contributed by atoms with Crippen LogP contribution in [-0.4, -0.2) is 11.8 Å². The minimum Gasteiger partial charge on any atom is -0.330 e. The van der Waals surface area contributed by atoms with Crippen molar-refractivity contribution in [1.82, 2.24) is 0 Å². The highest BCUT2D eigenvalue weighted by Gasteiger charge is 1.90. The molecule has 0 aromatic rings. The molecule has 0 rings (SSSR count). The van der Waals surface area contributed by atoms with Crippen LogP contribution in [0, 0.1) is 0 Å². The number of carbonyl (C=O) groups excluding carboxylic acids is 1. The Balaban J connectivity index is 2.82. The molecule has 2 nitrogen and oxygen atoms in total. The monoisotopic (exact) mass is 121 g/mol. The maximum Gasteiger partial charge on any atom is 0.221 e. The largest absolute Gasteiger partial charge is 0.330 e. The zero-order valence-electron chi connectivity index (χ0n) is 3.98. The van der Waals surface area contributed by atoms with E-state index in [1.807, 2.05) is 0 Å². The summed E-state index contributed by atoms with van der Waals surface area (Å²) in [4.78, 5) is 9.91. The maximum atomic E-state index is 9.91. The Morgan fingerprint density at radius 2 is 2.29 bits per heavy atom. The molecule has 0 bridgehead atoms. The van der Waals surface area contributed by atoms with Gasteiger partial charge >= 0.3 is 0 Å². The van der Waals surface area contributed by atoms with Gasteiger partial charge in [-0.05, 0) is 24.6 Å². The second kappa shape index (κ2) is 4.09. The summed E-state index contributed by atoms with van der Waals surface area (Å²) in [7, 11) is 0. The molecule has 0 atom stereocenters. The van der Waals surface area contributed by atoms with Crippen molar-refractivity contribution in [3.8, 4) is 0 Å². The molecule has 0 aliphatic rings. The normalized spacial score (nSPS) is 8.86. The summed E-state index contributed by atoms with van der Waals surface area (Å²) in [6.07, 6.45) is 1.10. The number of nitrogens with two attached hydrogens (primary N) is 1. The molecule has 0 fully saturated rings. The van der Waals surface area contributed by atoms with Crippen LogP contribution < -0.4 is 5.73 Å². The zero-order valence-corrected chi connectivity index (χ0v) is 4.74. The number of hydrogen-bond acceptors (Lipinski definition) is 2. The molecule has 42 valence electrons. The zero-order chi connectivity index (χ0) is 5.70. The first-order valence-corrected chi connectivity index (χ1v) is 2.53. The topological polar surface area (TPSA) is 43.1 Å². The quantitative estimate of drug-likeness (QED) is 0.553. The second-order valence-corrected chi connectivity index (χ2v) is 1.67. The maximum absolute atomic E-state index is 9.91. The van der Waals surface area contributed by atoms with Gasteiger partial charge in [-0.3, -0.25) is 4.79 Å². The highest BCUT2D eigenvalue weighted by atomic mass is 35.5. The average Bonchev–Trinajstić information content (AvgIpc) is 1.61. The standard InChI is InChI=1S/C4H8ClNO/c5-4(7)2-1-3-6/h1-3,6H2. The van der Waals surface area contributed by atoms with Crippen molar-refractivity contribution >= 4 is 16.8 Å². The minimum absolute atomic E-state index is 0.301. The van der Waals surface area contributed by atoms with Crippen LogP contribution in [0.2, 0.25) is 0 Å². The lowest BCUT2D eigenvalue weighted by molar-refractivity contribution is -0.111. The Bertz CT molecular complexity index is 64.7. The first-order valence-electron chi connectivity index (χ1n) is 2.15. The highest BCUT2D eigenvalue weighted by Crippen LogP contribution is 1.90. The van der Waals surface area contributed by atoms with Crippen LogP contribution in [0.25, 0.3) is 0 Å². The number of rotatable bonds is 3.